The number of nitrogens with zero attached hydrogens (tertiary/aromatic N) is 1. The molecule has 5 nitrogen and oxygen atoms in total. The number of hydrogen-bond acceptors (Lipinski definition) is 4. The smallest absolute Gasteiger partial charge is 0.245 e. The van der Waals surface area contributed by atoms with Crippen molar-refractivity contribution in [2.45, 2.75) is 46.0 Å². The molecule has 158 valence electrons. The molecule has 2 unspecified atom stereocenters. The molecule has 3 aliphatic heterocycles. The predicted octanol–water partition coefficient (Wildman–Crippen LogP) is 4.90. The number of para-hydroxylation sites is 1. The molecule has 1 spiro atoms. The van der Waals surface area contributed by atoms with Gasteiger partial charge in [-0.15, -0.1) is 0 Å². The third-order valence-corrected chi connectivity index (χ3v) is 6.45. The molecule has 5 rings (SSSR count). The van der Waals surface area contributed by atoms with Crippen molar-refractivity contribution < 1.29 is 19.0 Å². The highest BCUT2D eigenvalue weighted by atomic mass is 16.7. The van der Waals surface area contributed by atoms with E-state index in [0.717, 1.165) is 29.7 Å². The SMILES string of the molecule is CC(CCN1C(=O)C2(COc3cc4c(cc32)OCO4)c2ccccc21)CC(C)(C)C. The van der Waals surface area contributed by atoms with Gasteiger partial charge < -0.3 is 19.1 Å². The third-order valence-electron chi connectivity index (χ3n) is 6.45. The molecule has 0 bridgehead atoms. The van der Waals surface area contributed by atoms with Gasteiger partial charge in [0, 0.05) is 23.9 Å². The van der Waals surface area contributed by atoms with Crippen LogP contribution in [0, 0.1) is 11.3 Å². The quantitative estimate of drug-likeness (QED) is 0.723. The summed E-state index contributed by atoms with van der Waals surface area (Å²) in [5.74, 6) is 2.72. The number of anilines is 1. The zero-order chi connectivity index (χ0) is 21.1. The van der Waals surface area contributed by atoms with Gasteiger partial charge >= 0.3 is 0 Å². The molecule has 0 aliphatic carbocycles. The molecule has 2 aromatic carbocycles. The van der Waals surface area contributed by atoms with Crippen LogP contribution >= 0.6 is 0 Å². The van der Waals surface area contributed by atoms with Gasteiger partial charge in [0.1, 0.15) is 17.8 Å². The van der Waals surface area contributed by atoms with E-state index >= 15 is 0 Å². The van der Waals surface area contributed by atoms with Crippen molar-refractivity contribution >= 4 is 11.6 Å². The maximum atomic E-state index is 13.9. The first-order valence-electron chi connectivity index (χ1n) is 10.8. The predicted molar refractivity (Wildman–Crippen MR) is 115 cm³/mol. The summed E-state index contributed by atoms with van der Waals surface area (Å²) in [5.41, 5.74) is 2.39. The Labute approximate surface area is 177 Å². The fourth-order valence-corrected chi connectivity index (χ4v) is 5.28. The van der Waals surface area contributed by atoms with Crippen molar-refractivity contribution in [1.82, 2.24) is 0 Å². The van der Waals surface area contributed by atoms with Gasteiger partial charge in [-0.3, -0.25) is 4.79 Å². The van der Waals surface area contributed by atoms with Crippen LogP contribution in [0.15, 0.2) is 36.4 Å². The van der Waals surface area contributed by atoms with Gasteiger partial charge in [0.05, 0.1) is 0 Å². The number of fused-ring (bicyclic) bond motifs is 5. The van der Waals surface area contributed by atoms with E-state index in [1.807, 2.05) is 29.2 Å². The number of rotatable bonds is 4. The van der Waals surface area contributed by atoms with Gasteiger partial charge in [-0.1, -0.05) is 45.9 Å². The second-order valence-electron chi connectivity index (χ2n) is 10.0. The Hall–Kier alpha value is -2.69. The zero-order valence-corrected chi connectivity index (χ0v) is 18.2. The molecule has 2 aromatic rings. The minimum absolute atomic E-state index is 0.101. The summed E-state index contributed by atoms with van der Waals surface area (Å²) in [5, 5.41) is 0. The second kappa shape index (κ2) is 6.66. The molecule has 0 saturated carbocycles. The first kappa shape index (κ1) is 19.3. The fourth-order valence-electron chi connectivity index (χ4n) is 5.28. The van der Waals surface area contributed by atoms with Crippen molar-refractivity contribution in [1.29, 1.82) is 0 Å². The summed E-state index contributed by atoms with van der Waals surface area (Å²) in [7, 11) is 0. The van der Waals surface area contributed by atoms with E-state index in [1.54, 1.807) is 0 Å². The van der Waals surface area contributed by atoms with Gasteiger partial charge in [-0.25, -0.2) is 0 Å². The van der Waals surface area contributed by atoms with Crippen molar-refractivity contribution in [3.63, 3.8) is 0 Å². The van der Waals surface area contributed by atoms with Crippen LogP contribution in [0.5, 0.6) is 17.2 Å². The van der Waals surface area contributed by atoms with E-state index in [0.29, 0.717) is 36.3 Å². The van der Waals surface area contributed by atoms with Crippen LogP contribution in [-0.2, 0) is 10.2 Å². The minimum atomic E-state index is -0.805. The molecule has 0 fully saturated rings. The number of carbonyl (C=O) groups is 1. The lowest BCUT2D eigenvalue weighted by Gasteiger charge is -2.26. The molecule has 0 saturated heterocycles. The third kappa shape index (κ3) is 2.86. The number of hydrogen-bond donors (Lipinski definition) is 0. The Morgan fingerprint density at radius 1 is 1.03 bits per heavy atom. The van der Waals surface area contributed by atoms with Crippen LogP contribution in [0.4, 0.5) is 5.69 Å². The van der Waals surface area contributed by atoms with Crippen LogP contribution < -0.4 is 19.1 Å². The average Bonchev–Trinajstić information content (AvgIpc) is 3.35. The largest absolute Gasteiger partial charge is 0.491 e. The normalized spacial score (nSPS) is 22.3. The maximum absolute atomic E-state index is 13.9. The summed E-state index contributed by atoms with van der Waals surface area (Å²) < 4.78 is 17.1. The van der Waals surface area contributed by atoms with Crippen LogP contribution in [0.3, 0.4) is 0 Å². The first-order chi connectivity index (χ1) is 14.3. The van der Waals surface area contributed by atoms with Crippen molar-refractivity contribution in [2.24, 2.45) is 11.3 Å². The highest BCUT2D eigenvalue weighted by Crippen LogP contribution is 2.55. The Balaban J connectivity index is 1.50. The molecule has 1 amide bonds. The molecule has 0 radical (unpaired) electrons. The van der Waals surface area contributed by atoms with E-state index in [4.69, 9.17) is 14.2 Å². The van der Waals surface area contributed by atoms with E-state index in [-0.39, 0.29) is 18.1 Å². The Morgan fingerprint density at radius 2 is 1.77 bits per heavy atom. The lowest BCUT2D eigenvalue weighted by molar-refractivity contribution is -0.122. The topological polar surface area (TPSA) is 48.0 Å². The van der Waals surface area contributed by atoms with Gasteiger partial charge in [-0.05, 0) is 41.9 Å². The molecule has 0 N–H and O–H groups in total. The second-order valence-corrected chi connectivity index (χ2v) is 10.0. The molecule has 30 heavy (non-hydrogen) atoms. The van der Waals surface area contributed by atoms with E-state index in [2.05, 4.69) is 39.8 Å². The number of benzene rings is 2. The molecule has 0 aromatic heterocycles. The van der Waals surface area contributed by atoms with Gasteiger partial charge in [-0.2, -0.15) is 0 Å². The first-order valence-corrected chi connectivity index (χ1v) is 10.8. The number of amides is 1. The number of carbonyl (C=O) groups excluding carboxylic acids is 1. The summed E-state index contributed by atoms with van der Waals surface area (Å²) in [6.45, 7) is 10.3. The standard InChI is InChI=1S/C25H29NO4/c1-16(13-24(2,3)4)9-10-26-19-8-6-5-7-17(19)25(23(26)27)14-28-20-12-22-21(11-18(20)25)29-15-30-22/h5-8,11-12,16H,9-10,13-15H2,1-4H3. The molecular weight excluding hydrogens is 378 g/mol. The highest BCUT2D eigenvalue weighted by Gasteiger charge is 2.57. The Kier molecular flexibility index (Phi) is 4.28. The summed E-state index contributed by atoms with van der Waals surface area (Å²) in [4.78, 5) is 15.9. The lowest BCUT2D eigenvalue weighted by atomic mass is 9.77. The van der Waals surface area contributed by atoms with Crippen molar-refractivity contribution in [3.05, 3.63) is 47.5 Å². The summed E-state index contributed by atoms with van der Waals surface area (Å²) in [6, 6.07) is 11.9. The van der Waals surface area contributed by atoms with Crippen molar-refractivity contribution in [2.75, 3.05) is 24.8 Å². The van der Waals surface area contributed by atoms with Crippen LogP contribution in [0.2, 0.25) is 0 Å². The van der Waals surface area contributed by atoms with Gasteiger partial charge in [0.25, 0.3) is 0 Å². The Morgan fingerprint density at radius 3 is 2.53 bits per heavy atom. The molecule has 2 atom stereocenters. The zero-order valence-electron chi connectivity index (χ0n) is 18.2. The Bertz CT molecular complexity index is 1010. The van der Waals surface area contributed by atoms with Crippen LogP contribution in [0.1, 0.15) is 51.7 Å². The summed E-state index contributed by atoms with van der Waals surface area (Å²) in [6.07, 6.45) is 2.11. The minimum Gasteiger partial charge on any atom is -0.491 e. The van der Waals surface area contributed by atoms with E-state index in [1.165, 1.54) is 0 Å². The molecule has 5 heteroatoms. The lowest BCUT2D eigenvalue weighted by Crippen LogP contribution is -2.43. The maximum Gasteiger partial charge on any atom is 0.245 e. The van der Waals surface area contributed by atoms with Gasteiger partial charge in [0.15, 0.2) is 11.5 Å². The fraction of sp³-hybridized carbons (Fsp3) is 0.480. The average molecular weight is 408 g/mol. The van der Waals surface area contributed by atoms with Crippen LogP contribution in [-0.4, -0.2) is 25.9 Å². The van der Waals surface area contributed by atoms with E-state index < -0.39 is 5.41 Å². The highest BCUT2D eigenvalue weighted by molar-refractivity contribution is 6.11. The van der Waals surface area contributed by atoms with E-state index in [9.17, 15) is 4.79 Å². The van der Waals surface area contributed by atoms with Crippen LogP contribution in [0.25, 0.3) is 0 Å². The number of ether oxygens (including phenoxy) is 3. The summed E-state index contributed by atoms with van der Waals surface area (Å²) >= 11 is 0. The molecular formula is C25H29NO4. The molecule has 3 aliphatic rings. The monoisotopic (exact) mass is 407 g/mol. The van der Waals surface area contributed by atoms with Crippen molar-refractivity contribution in [3.8, 4) is 17.2 Å². The molecule has 3 heterocycles. The van der Waals surface area contributed by atoms with Gasteiger partial charge in [0.2, 0.25) is 12.7 Å².